The van der Waals surface area contributed by atoms with Gasteiger partial charge in [0.05, 0.1) is 0 Å². The first-order valence-electron chi connectivity index (χ1n) is 4.26. The Morgan fingerprint density at radius 3 is 1.70 bits per heavy atom. The third-order valence-corrected chi connectivity index (χ3v) is 1.33. The highest BCUT2D eigenvalue weighted by Crippen LogP contribution is 2.15. The molecule has 1 aromatic heterocycles. The number of hydrogen-bond acceptors (Lipinski definition) is 8. The Labute approximate surface area is 107 Å². The molecule has 1 N–H and O–H groups in total. The van der Waals surface area contributed by atoms with Gasteiger partial charge in [0, 0.05) is 20.3 Å². The second-order valence-electron chi connectivity index (χ2n) is 2.40. The summed E-state index contributed by atoms with van der Waals surface area (Å²) in [6, 6.07) is 0. The normalized spacial score (nSPS) is 8.00. The minimum atomic E-state index is -0.422. The van der Waals surface area contributed by atoms with Crippen LogP contribution in [0.2, 0.25) is 0 Å². The lowest BCUT2D eigenvalue weighted by Crippen LogP contribution is -2.18. The summed E-state index contributed by atoms with van der Waals surface area (Å²) < 4.78 is 0. The molecule has 17 heteroatoms. The van der Waals surface area contributed by atoms with E-state index in [9.17, 15) is 0 Å². The minimum absolute atomic E-state index is 0.342. The Balaban J connectivity index is 3.21. The number of aromatic nitrogens is 3. The highest BCUT2D eigenvalue weighted by Gasteiger charge is 2.08. The summed E-state index contributed by atoms with van der Waals surface area (Å²) in [6.45, 7) is 0. The Morgan fingerprint density at radius 1 is 0.800 bits per heavy atom. The first-order valence-corrected chi connectivity index (χ1v) is 4.26. The lowest BCUT2D eigenvalue weighted by atomic mass is 10.8. The summed E-state index contributed by atoms with van der Waals surface area (Å²) in [5.41, 5.74) is 35.1. The van der Waals surface area contributed by atoms with Crippen molar-refractivity contribution >= 4 is 17.8 Å². The standard InChI is InChI=1S/C3HN17/c4-14-11-1-8-2(12-15-5)10-3(9-1)13-20(18-16-6)19-17-7/h(H,8,9,10,13). The number of hydrazine groups is 1. The van der Waals surface area contributed by atoms with Crippen molar-refractivity contribution in [2.45, 2.75) is 0 Å². The molecule has 20 heavy (non-hydrogen) atoms. The number of azide groups is 3. The quantitative estimate of drug-likeness (QED) is 0.354. The smallest absolute Gasteiger partial charge is 0.205 e. The van der Waals surface area contributed by atoms with Gasteiger partial charge in [-0.05, 0) is 21.3 Å². The Bertz CT molecular complexity index is 620. The topological polar surface area (TPSA) is 249 Å². The first-order chi connectivity index (χ1) is 9.73. The summed E-state index contributed by atoms with van der Waals surface area (Å²) in [7, 11) is 0. The lowest BCUT2D eigenvalue weighted by molar-refractivity contribution is 0.353. The van der Waals surface area contributed by atoms with Crippen LogP contribution in [-0.2, 0) is 0 Å². The molecule has 0 spiro atoms. The zero-order valence-corrected chi connectivity index (χ0v) is 9.16. The third kappa shape index (κ3) is 4.02. The largest absolute Gasteiger partial charge is 0.263 e. The van der Waals surface area contributed by atoms with E-state index in [2.05, 4.69) is 60.7 Å². The fourth-order valence-corrected chi connectivity index (χ4v) is 0.801. The molecule has 0 atom stereocenters. The summed E-state index contributed by atoms with van der Waals surface area (Å²) in [5.74, 6) is -1.20. The molecule has 98 valence electrons. The van der Waals surface area contributed by atoms with Gasteiger partial charge in [0.25, 0.3) is 5.95 Å². The van der Waals surface area contributed by atoms with E-state index in [0.29, 0.717) is 5.23 Å². The fraction of sp³-hybridized carbons (Fsp3) is 0. The van der Waals surface area contributed by atoms with Gasteiger partial charge in [-0.15, -0.1) is 11.1 Å². The molecule has 1 heterocycles. The zero-order chi connectivity index (χ0) is 14.8. The molecule has 0 fully saturated rings. The van der Waals surface area contributed by atoms with E-state index >= 15 is 0 Å². The molecule has 0 aliphatic carbocycles. The van der Waals surface area contributed by atoms with Crippen LogP contribution in [0.5, 0.6) is 0 Å². The van der Waals surface area contributed by atoms with Crippen LogP contribution in [0.3, 0.4) is 0 Å². The molecule has 0 bridgehead atoms. The van der Waals surface area contributed by atoms with Crippen molar-refractivity contribution in [3.05, 3.63) is 41.8 Å². The van der Waals surface area contributed by atoms with Gasteiger partial charge in [0.1, 0.15) is 0 Å². The zero-order valence-electron chi connectivity index (χ0n) is 9.16. The number of nitrogens with zero attached hydrogens (tertiary/aromatic N) is 16. The molecule has 0 unspecified atom stereocenters. The van der Waals surface area contributed by atoms with E-state index < -0.39 is 11.9 Å². The van der Waals surface area contributed by atoms with Crippen LogP contribution in [0, 0.1) is 0 Å². The Kier molecular flexibility index (Phi) is 5.03. The number of anilines is 1. The van der Waals surface area contributed by atoms with Crippen molar-refractivity contribution in [1.29, 1.82) is 0 Å². The Hall–Kier alpha value is -4.15. The highest BCUT2D eigenvalue weighted by molar-refractivity contribution is 5.35. The first kappa shape index (κ1) is 13.9. The molecule has 0 amide bonds. The molecule has 17 nitrogen and oxygen atoms in total. The van der Waals surface area contributed by atoms with E-state index in [4.69, 9.17) is 22.1 Å². The highest BCUT2D eigenvalue weighted by atomic mass is 15.9. The van der Waals surface area contributed by atoms with Crippen molar-refractivity contribution in [1.82, 2.24) is 20.2 Å². The second-order valence-corrected chi connectivity index (χ2v) is 2.40. The van der Waals surface area contributed by atoms with Crippen LogP contribution in [0.1, 0.15) is 0 Å². The van der Waals surface area contributed by atoms with Gasteiger partial charge < -0.3 is 0 Å². The predicted octanol–water partition coefficient (Wildman–Crippen LogP) is 2.83. The van der Waals surface area contributed by atoms with Gasteiger partial charge >= 0.3 is 0 Å². The third-order valence-electron chi connectivity index (χ3n) is 1.33. The fourth-order valence-electron chi connectivity index (χ4n) is 0.801. The molecule has 1 aromatic rings. The van der Waals surface area contributed by atoms with Crippen molar-refractivity contribution in [2.24, 2.45) is 20.7 Å². The van der Waals surface area contributed by atoms with Gasteiger partial charge in [0.2, 0.25) is 11.9 Å². The molecule has 0 radical (unpaired) electrons. The second kappa shape index (κ2) is 7.23. The molecule has 0 saturated heterocycles. The van der Waals surface area contributed by atoms with Crippen LogP contribution < -0.4 is 5.43 Å². The van der Waals surface area contributed by atoms with Crippen LogP contribution in [0.4, 0.5) is 17.8 Å². The van der Waals surface area contributed by atoms with Crippen LogP contribution in [-0.4, -0.2) is 20.2 Å². The van der Waals surface area contributed by atoms with Crippen molar-refractivity contribution in [3.8, 4) is 0 Å². The lowest BCUT2D eigenvalue weighted by Gasteiger charge is -2.07. The summed E-state index contributed by atoms with van der Waals surface area (Å²) in [5, 5.41) is 12.4. The summed E-state index contributed by atoms with van der Waals surface area (Å²) >= 11 is 0. The molecule has 1 rings (SSSR count). The molecular formula is C3HN17. The van der Waals surface area contributed by atoms with E-state index in [1.165, 1.54) is 0 Å². The number of nitrogens with one attached hydrogen (secondary N) is 1. The van der Waals surface area contributed by atoms with Gasteiger partial charge in [-0.1, -0.05) is 5.23 Å². The molecule has 0 aromatic carbocycles. The molecule has 0 aliphatic heterocycles. The molecule has 0 aliphatic rings. The van der Waals surface area contributed by atoms with Gasteiger partial charge in [0.15, 0.2) is 0 Å². The monoisotopic (exact) mass is 275 g/mol. The Morgan fingerprint density at radius 2 is 1.30 bits per heavy atom. The maximum atomic E-state index is 8.27. The summed E-state index contributed by atoms with van der Waals surface area (Å²) in [4.78, 5) is 20.2. The van der Waals surface area contributed by atoms with Gasteiger partial charge in [-0.25, -0.2) is 4.98 Å². The number of hydrogen-bond donors (Lipinski definition) is 1. The van der Waals surface area contributed by atoms with E-state index in [0.717, 1.165) is 0 Å². The average molecular weight is 275 g/mol. The number of rotatable bonds is 6. The average Bonchev–Trinajstić information content (AvgIpc) is 2.40. The maximum absolute atomic E-state index is 8.27. The van der Waals surface area contributed by atoms with Crippen molar-refractivity contribution < 1.29 is 0 Å². The minimum Gasteiger partial charge on any atom is -0.205 e. The van der Waals surface area contributed by atoms with Crippen LogP contribution in [0.15, 0.2) is 20.7 Å². The van der Waals surface area contributed by atoms with E-state index in [1.54, 1.807) is 0 Å². The SMILES string of the molecule is [N-]=[N+]=Nc1nc(N=[N+]=[N-])nc(NN(N=[N+]=[N-])N=[N+]=[N-])n1. The maximum Gasteiger partial charge on any atom is 0.263 e. The van der Waals surface area contributed by atoms with Crippen molar-refractivity contribution in [2.75, 3.05) is 5.43 Å². The van der Waals surface area contributed by atoms with Gasteiger partial charge in [-0.3, -0.25) is 0 Å². The van der Waals surface area contributed by atoms with Crippen LogP contribution in [0.25, 0.3) is 41.8 Å². The predicted molar refractivity (Wildman–Crippen MR) is 61.2 cm³/mol. The van der Waals surface area contributed by atoms with E-state index in [-0.39, 0.29) is 5.95 Å². The molecular weight excluding hydrogens is 274 g/mol. The van der Waals surface area contributed by atoms with E-state index in [1.807, 2.05) is 0 Å². The van der Waals surface area contributed by atoms with Crippen LogP contribution >= 0.6 is 0 Å². The van der Waals surface area contributed by atoms with Gasteiger partial charge in [-0.2, -0.15) is 25.2 Å². The summed E-state index contributed by atoms with van der Waals surface area (Å²) in [6.07, 6.45) is 0. The van der Waals surface area contributed by atoms with Crippen molar-refractivity contribution in [3.63, 3.8) is 0 Å². The molecule has 0 saturated carbocycles.